The van der Waals surface area contributed by atoms with Crippen LogP contribution in [0.1, 0.15) is 55.9 Å². The molecule has 2 nitrogen and oxygen atoms in total. The predicted octanol–water partition coefficient (Wildman–Crippen LogP) is 5.49. The number of halogens is 1. The Kier molecular flexibility index (Phi) is 4.51. The summed E-state index contributed by atoms with van der Waals surface area (Å²) in [7, 11) is 0. The first kappa shape index (κ1) is 15.2. The van der Waals surface area contributed by atoms with Crippen molar-refractivity contribution in [1.82, 2.24) is 9.55 Å². The zero-order valence-electron chi connectivity index (χ0n) is 13.0. The number of alkyl halides is 1. The molecule has 0 aliphatic heterocycles. The molecule has 1 fully saturated rings. The molecule has 0 spiro atoms. The number of thioether (sulfide) groups is 1. The van der Waals surface area contributed by atoms with E-state index in [9.17, 15) is 0 Å². The van der Waals surface area contributed by atoms with Gasteiger partial charge in [0.15, 0.2) is 0 Å². The molecule has 3 atom stereocenters. The molecule has 0 N–H and O–H groups in total. The van der Waals surface area contributed by atoms with E-state index in [-0.39, 0.29) is 5.38 Å². The molecule has 1 saturated carbocycles. The van der Waals surface area contributed by atoms with Crippen LogP contribution < -0.4 is 0 Å². The number of aryl methyl sites for hydroxylation is 1. The van der Waals surface area contributed by atoms with Gasteiger partial charge in [0.05, 0.1) is 16.4 Å². The van der Waals surface area contributed by atoms with Crippen molar-refractivity contribution in [3.63, 3.8) is 0 Å². The lowest BCUT2D eigenvalue weighted by Gasteiger charge is -2.24. The number of nitrogens with zero attached hydrogens (tertiary/aromatic N) is 2. The topological polar surface area (TPSA) is 17.8 Å². The number of hydrogen-bond donors (Lipinski definition) is 0. The van der Waals surface area contributed by atoms with Crippen molar-refractivity contribution in [1.29, 1.82) is 0 Å². The van der Waals surface area contributed by atoms with Crippen LogP contribution in [0.4, 0.5) is 0 Å². The second kappa shape index (κ2) is 6.21. The standard InChI is InChI=1S/C17H23ClN2S/c1-4-21-16-7-5-6-15(16)20-14-9-8-11(2)10-13(14)19-17(20)12(3)18/h8-10,12,15-16H,4-7H2,1-3H3. The minimum absolute atomic E-state index is 0.0504. The first-order valence-electron chi connectivity index (χ1n) is 7.86. The van der Waals surface area contributed by atoms with E-state index in [1.807, 2.05) is 6.92 Å². The molecular formula is C17H23ClN2S. The van der Waals surface area contributed by atoms with Crippen molar-refractivity contribution in [3.8, 4) is 0 Å². The molecule has 4 heteroatoms. The highest BCUT2D eigenvalue weighted by Gasteiger charge is 2.32. The first-order chi connectivity index (χ1) is 10.1. The highest BCUT2D eigenvalue weighted by molar-refractivity contribution is 7.99. The number of rotatable bonds is 4. The van der Waals surface area contributed by atoms with Crippen LogP contribution in [-0.4, -0.2) is 20.6 Å². The summed E-state index contributed by atoms with van der Waals surface area (Å²) >= 11 is 8.52. The lowest BCUT2D eigenvalue weighted by atomic mass is 10.2. The molecule has 3 unspecified atom stereocenters. The van der Waals surface area contributed by atoms with E-state index < -0.39 is 0 Å². The van der Waals surface area contributed by atoms with Crippen LogP contribution in [0, 0.1) is 6.92 Å². The van der Waals surface area contributed by atoms with Gasteiger partial charge < -0.3 is 4.57 Å². The zero-order valence-corrected chi connectivity index (χ0v) is 14.5. The second-order valence-corrected chi connectivity index (χ2v) is 8.11. The maximum atomic E-state index is 6.43. The van der Waals surface area contributed by atoms with Gasteiger partial charge in [-0.15, -0.1) is 11.6 Å². The minimum atomic E-state index is -0.0504. The van der Waals surface area contributed by atoms with Crippen LogP contribution in [0.5, 0.6) is 0 Å². The van der Waals surface area contributed by atoms with Gasteiger partial charge in [0.25, 0.3) is 0 Å². The number of benzene rings is 1. The van der Waals surface area contributed by atoms with E-state index in [1.54, 1.807) is 0 Å². The van der Waals surface area contributed by atoms with Gasteiger partial charge in [-0.3, -0.25) is 0 Å². The van der Waals surface area contributed by atoms with Crippen LogP contribution in [0.25, 0.3) is 11.0 Å². The molecule has 1 aliphatic carbocycles. The van der Waals surface area contributed by atoms with Gasteiger partial charge in [-0.2, -0.15) is 11.8 Å². The molecule has 1 heterocycles. The van der Waals surface area contributed by atoms with Gasteiger partial charge in [-0.05, 0) is 50.1 Å². The second-order valence-electron chi connectivity index (χ2n) is 5.94. The molecule has 114 valence electrons. The van der Waals surface area contributed by atoms with Crippen molar-refractivity contribution in [2.24, 2.45) is 0 Å². The highest BCUT2D eigenvalue weighted by Crippen LogP contribution is 2.42. The Morgan fingerprint density at radius 1 is 1.43 bits per heavy atom. The Balaban J connectivity index is 2.13. The SMILES string of the molecule is CCSC1CCCC1n1c(C(C)Cl)nc2cc(C)ccc21. The molecule has 0 amide bonds. The summed E-state index contributed by atoms with van der Waals surface area (Å²) in [5.41, 5.74) is 3.59. The largest absolute Gasteiger partial charge is 0.322 e. The van der Waals surface area contributed by atoms with Crippen molar-refractivity contribution in [2.45, 2.75) is 56.7 Å². The molecule has 0 bridgehead atoms. The summed E-state index contributed by atoms with van der Waals surface area (Å²) in [6, 6.07) is 7.11. The third-order valence-electron chi connectivity index (χ3n) is 4.36. The van der Waals surface area contributed by atoms with Crippen LogP contribution in [0.3, 0.4) is 0 Å². The van der Waals surface area contributed by atoms with Gasteiger partial charge in [0.2, 0.25) is 0 Å². The Labute approximate surface area is 136 Å². The zero-order chi connectivity index (χ0) is 15.0. The fourth-order valence-corrected chi connectivity index (χ4v) is 4.86. The van der Waals surface area contributed by atoms with Gasteiger partial charge in [0.1, 0.15) is 5.82 Å². The third-order valence-corrected chi connectivity index (χ3v) is 5.86. The smallest absolute Gasteiger partial charge is 0.128 e. The predicted molar refractivity (Wildman–Crippen MR) is 93.5 cm³/mol. The lowest BCUT2D eigenvalue weighted by molar-refractivity contribution is 0.519. The molecular weight excluding hydrogens is 300 g/mol. The summed E-state index contributed by atoms with van der Waals surface area (Å²) in [6.45, 7) is 6.40. The average Bonchev–Trinajstić information content (AvgIpc) is 3.02. The third kappa shape index (κ3) is 2.83. The fraction of sp³-hybridized carbons (Fsp3) is 0.588. The molecule has 1 aromatic heterocycles. The van der Waals surface area contributed by atoms with E-state index in [2.05, 4.69) is 48.4 Å². The summed E-state index contributed by atoms with van der Waals surface area (Å²) in [5.74, 6) is 2.21. The number of imidazole rings is 1. The summed E-state index contributed by atoms with van der Waals surface area (Å²) in [4.78, 5) is 4.83. The molecule has 1 aromatic carbocycles. The van der Waals surface area contributed by atoms with Crippen LogP contribution in [0.2, 0.25) is 0 Å². The number of hydrogen-bond acceptors (Lipinski definition) is 2. The lowest BCUT2D eigenvalue weighted by Crippen LogP contribution is -2.19. The maximum Gasteiger partial charge on any atom is 0.128 e. The van der Waals surface area contributed by atoms with Gasteiger partial charge >= 0.3 is 0 Å². The number of aromatic nitrogens is 2. The highest BCUT2D eigenvalue weighted by atomic mass is 35.5. The number of fused-ring (bicyclic) bond motifs is 1. The Hall–Kier alpha value is -0.670. The normalized spacial score (nSPS) is 23.8. The van der Waals surface area contributed by atoms with E-state index in [0.717, 1.165) is 11.3 Å². The summed E-state index contributed by atoms with van der Waals surface area (Å²) in [6.07, 6.45) is 3.86. The average molecular weight is 323 g/mol. The minimum Gasteiger partial charge on any atom is -0.322 e. The Morgan fingerprint density at radius 2 is 2.24 bits per heavy atom. The molecule has 1 aliphatic rings. The van der Waals surface area contributed by atoms with E-state index >= 15 is 0 Å². The van der Waals surface area contributed by atoms with Crippen molar-refractivity contribution in [3.05, 3.63) is 29.6 Å². The quantitative estimate of drug-likeness (QED) is 0.692. The molecule has 0 radical (unpaired) electrons. The monoisotopic (exact) mass is 322 g/mol. The van der Waals surface area contributed by atoms with Crippen LogP contribution in [0.15, 0.2) is 18.2 Å². The maximum absolute atomic E-state index is 6.43. The van der Waals surface area contributed by atoms with E-state index in [0.29, 0.717) is 11.3 Å². The Bertz CT molecular complexity index is 635. The molecule has 21 heavy (non-hydrogen) atoms. The molecule has 2 aromatic rings. The molecule has 0 saturated heterocycles. The van der Waals surface area contributed by atoms with Crippen molar-refractivity contribution >= 4 is 34.4 Å². The van der Waals surface area contributed by atoms with Crippen LogP contribution >= 0.6 is 23.4 Å². The summed E-state index contributed by atoms with van der Waals surface area (Å²) in [5, 5.41) is 0.647. The van der Waals surface area contributed by atoms with E-state index in [4.69, 9.17) is 16.6 Å². The van der Waals surface area contributed by atoms with Crippen molar-refractivity contribution < 1.29 is 0 Å². The van der Waals surface area contributed by atoms with Crippen molar-refractivity contribution in [2.75, 3.05) is 5.75 Å². The van der Waals surface area contributed by atoms with E-state index in [1.165, 1.54) is 36.1 Å². The Morgan fingerprint density at radius 3 is 2.95 bits per heavy atom. The first-order valence-corrected chi connectivity index (χ1v) is 9.34. The van der Waals surface area contributed by atoms with Gasteiger partial charge in [0, 0.05) is 11.3 Å². The molecule has 3 rings (SSSR count). The summed E-state index contributed by atoms with van der Waals surface area (Å²) < 4.78 is 2.44. The van der Waals surface area contributed by atoms with Gasteiger partial charge in [-0.1, -0.05) is 19.4 Å². The fourth-order valence-electron chi connectivity index (χ4n) is 3.47. The van der Waals surface area contributed by atoms with Crippen LogP contribution in [-0.2, 0) is 0 Å². The van der Waals surface area contributed by atoms with Gasteiger partial charge in [-0.25, -0.2) is 4.98 Å².